The zero-order chi connectivity index (χ0) is 46.1. The minimum absolute atomic E-state index is 0. The Morgan fingerprint density at radius 3 is 1.91 bits per heavy atom. The number of hydrogen-bond donors (Lipinski definition) is 0. The maximum atomic E-state index is 5.32. The van der Waals surface area contributed by atoms with Gasteiger partial charge in [-0.3, -0.25) is 4.98 Å². The summed E-state index contributed by atoms with van der Waals surface area (Å²) < 4.78 is 4.91. The fourth-order valence-corrected chi connectivity index (χ4v) is 12.1. The van der Waals surface area contributed by atoms with Crippen LogP contribution in [0.3, 0.4) is 0 Å². The van der Waals surface area contributed by atoms with Gasteiger partial charge >= 0.3 is 0 Å². The molecule has 0 unspecified atom stereocenters. The van der Waals surface area contributed by atoms with E-state index in [0.717, 1.165) is 40.1 Å². The van der Waals surface area contributed by atoms with E-state index in [0.29, 0.717) is 17.8 Å². The molecule has 10 aromatic rings. The minimum atomic E-state index is -1.34. The van der Waals surface area contributed by atoms with E-state index in [1.54, 1.807) is 0 Å². The molecule has 67 heavy (non-hydrogen) atoms. The van der Waals surface area contributed by atoms with Gasteiger partial charge in [-0.25, -0.2) is 0 Å². The summed E-state index contributed by atoms with van der Waals surface area (Å²) in [6, 6.07) is 63.2. The maximum Gasteiger partial charge on any atom is 0.0798 e. The predicted octanol–water partition coefficient (Wildman–Crippen LogP) is 16.7. The molecule has 0 saturated carbocycles. The quantitative estimate of drug-likeness (QED) is 0.101. The van der Waals surface area contributed by atoms with Crippen LogP contribution in [0.25, 0.3) is 81.8 Å². The van der Waals surface area contributed by atoms with E-state index in [1.807, 2.05) is 29.5 Å². The number of fused-ring (bicyclic) bond motifs is 4. The van der Waals surface area contributed by atoms with Gasteiger partial charge in [-0.2, -0.15) is 11.3 Å². The van der Waals surface area contributed by atoms with E-state index in [9.17, 15) is 0 Å². The molecule has 3 aromatic heterocycles. The Hall–Kier alpha value is -5.75. The van der Waals surface area contributed by atoms with E-state index in [2.05, 4.69) is 229 Å². The van der Waals surface area contributed by atoms with Gasteiger partial charge in [0.2, 0.25) is 0 Å². The molecule has 0 aliphatic heterocycles. The van der Waals surface area contributed by atoms with Crippen molar-refractivity contribution >= 4 is 55.8 Å². The normalized spacial score (nSPS) is 11.7. The third kappa shape index (κ3) is 9.96. The van der Waals surface area contributed by atoms with Crippen LogP contribution in [0, 0.1) is 18.1 Å². The van der Waals surface area contributed by atoms with Crippen LogP contribution in [0.4, 0.5) is 0 Å². The first-order valence-corrected chi connectivity index (χ1v) is 27.8. The van der Waals surface area contributed by atoms with Gasteiger partial charge in [0.05, 0.1) is 24.9 Å². The third-order valence-corrected chi connectivity index (χ3v) is 15.8. The van der Waals surface area contributed by atoms with Gasteiger partial charge in [0.25, 0.3) is 0 Å². The van der Waals surface area contributed by atoms with Crippen molar-refractivity contribution in [1.82, 2.24) is 14.5 Å². The van der Waals surface area contributed by atoms with Crippen molar-refractivity contribution in [2.24, 2.45) is 5.92 Å². The van der Waals surface area contributed by atoms with Crippen molar-refractivity contribution < 1.29 is 20.1 Å². The number of rotatable bonds is 10. The van der Waals surface area contributed by atoms with E-state index < -0.39 is 8.07 Å². The zero-order valence-corrected chi connectivity index (χ0v) is 44.3. The van der Waals surface area contributed by atoms with Gasteiger partial charge in [-0.15, -0.1) is 54.1 Å². The van der Waals surface area contributed by atoms with Crippen molar-refractivity contribution in [3.63, 3.8) is 0 Å². The summed E-state index contributed by atoms with van der Waals surface area (Å²) in [5.74, 6) is 2.35. The first-order chi connectivity index (χ1) is 31.9. The molecule has 0 aliphatic rings. The Morgan fingerprint density at radius 2 is 1.25 bits per heavy atom. The first-order valence-electron chi connectivity index (χ1n) is 23.5. The Balaban J connectivity index is 0.000000244. The molecule has 3 nitrogen and oxygen atoms in total. The van der Waals surface area contributed by atoms with Crippen molar-refractivity contribution in [2.45, 2.75) is 79.4 Å². The Bertz CT molecular complexity index is 3260. The zero-order valence-electron chi connectivity index (χ0n) is 40.1. The monoisotopic (exact) mass is 1090 g/mol. The average molecular weight is 1090 g/mol. The van der Waals surface area contributed by atoms with Gasteiger partial charge in [-0.05, 0) is 96.7 Å². The second-order valence-electron chi connectivity index (χ2n) is 19.6. The molecule has 0 saturated heterocycles. The summed E-state index contributed by atoms with van der Waals surface area (Å²) in [6.45, 7) is 20.9. The van der Waals surface area contributed by atoms with E-state index in [4.69, 9.17) is 4.98 Å². The van der Waals surface area contributed by atoms with Crippen LogP contribution < -0.4 is 5.19 Å². The Labute approximate surface area is 416 Å². The van der Waals surface area contributed by atoms with Crippen molar-refractivity contribution in [3.05, 3.63) is 193 Å². The maximum absolute atomic E-state index is 5.32. The summed E-state index contributed by atoms with van der Waals surface area (Å²) in [4.78, 5) is 10.0. The number of thiophene rings is 1. The number of pyridine rings is 1. The largest absolute Gasteiger partial charge is 0.333 e. The summed E-state index contributed by atoms with van der Waals surface area (Å²) in [6.07, 6.45) is 3.24. The number of para-hydroxylation sites is 3. The molecule has 0 bridgehead atoms. The van der Waals surface area contributed by atoms with Crippen LogP contribution in [0.5, 0.6) is 0 Å². The van der Waals surface area contributed by atoms with Crippen molar-refractivity contribution in [2.75, 3.05) is 0 Å². The molecule has 3 heterocycles. The molecular weight excluding hydrogens is 1030 g/mol. The molecule has 0 amide bonds. The van der Waals surface area contributed by atoms with Gasteiger partial charge in [0.15, 0.2) is 0 Å². The molecular formula is C61H59IrN3SSi-2. The molecule has 339 valence electrons. The standard InChI is InChI=1S/C43H35N2S.C18H24NSi.Ir/c1-27(2)33-14-10-15-34(28(3)4)41(33)45-39-19-9-8-18-38(39)44-43(45)37-17-11-16-36-35-25-24-32(26-40(35)46-42(36)37)31-22-20-30(21-23-31)29-12-6-5-7-13-29;1-14(2)11-16-12-17(15-9-7-6-8-10-15)19-13-18(16)20(3,4)5;/h5-16,18-28H,1-4H3;6-9,12-14H,11H2,1-5H3;/q2*-1;. The third-order valence-electron chi connectivity index (χ3n) is 12.5. The second-order valence-corrected chi connectivity index (χ2v) is 25.6. The van der Waals surface area contributed by atoms with E-state index >= 15 is 0 Å². The molecule has 0 N–H and O–H groups in total. The molecule has 10 rings (SSSR count). The second kappa shape index (κ2) is 20.2. The fourth-order valence-electron chi connectivity index (χ4n) is 9.24. The van der Waals surface area contributed by atoms with Crippen LogP contribution in [0.2, 0.25) is 19.6 Å². The molecule has 0 aliphatic carbocycles. The van der Waals surface area contributed by atoms with Gasteiger partial charge in [0, 0.05) is 36.7 Å². The number of imidazole rings is 1. The number of benzene rings is 7. The summed E-state index contributed by atoms with van der Waals surface area (Å²) in [5.41, 5.74) is 15.6. The van der Waals surface area contributed by atoms with Gasteiger partial charge in [-0.1, -0.05) is 181 Å². The Kier molecular flexibility index (Phi) is 14.4. The van der Waals surface area contributed by atoms with E-state index in [1.165, 1.54) is 70.0 Å². The summed E-state index contributed by atoms with van der Waals surface area (Å²) in [7, 11) is -1.34. The molecule has 0 fully saturated rings. The smallest absolute Gasteiger partial charge is 0.0798 e. The number of hydrogen-bond acceptors (Lipinski definition) is 3. The SMILES string of the molecule is CC(C)Cc1cc(-c2[c-]cccc2)ncc1[Si](C)(C)C.CC(C)c1cccc(C(C)C)c1-n1c(-c2[c-]ccc3c2sc2cc(-c4ccc(-c5ccccc5)cc4)ccc23)nc2ccccc21.[Ir]. The van der Waals surface area contributed by atoms with E-state index in [-0.39, 0.29) is 20.1 Å². The van der Waals surface area contributed by atoms with Crippen molar-refractivity contribution in [1.29, 1.82) is 0 Å². The summed E-state index contributed by atoms with van der Waals surface area (Å²) in [5, 5.41) is 4.01. The molecule has 0 atom stereocenters. The van der Waals surface area contributed by atoms with Gasteiger partial charge in [0.1, 0.15) is 0 Å². The fraction of sp³-hybridized carbons (Fsp3) is 0.213. The van der Waals surface area contributed by atoms with Crippen LogP contribution >= 0.6 is 11.3 Å². The van der Waals surface area contributed by atoms with Crippen LogP contribution in [-0.4, -0.2) is 22.6 Å². The molecule has 0 spiro atoms. The average Bonchev–Trinajstić information content (AvgIpc) is 3.90. The molecule has 7 aromatic carbocycles. The first kappa shape index (κ1) is 47.7. The van der Waals surface area contributed by atoms with Crippen LogP contribution in [0.1, 0.15) is 70.1 Å². The van der Waals surface area contributed by atoms with Crippen LogP contribution in [0.15, 0.2) is 164 Å². The number of aromatic nitrogens is 3. The molecule has 6 heteroatoms. The van der Waals surface area contributed by atoms with Gasteiger partial charge < -0.3 is 9.55 Å². The topological polar surface area (TPSA) is 30.7 Å². The Morgan fingerprint density at radius 1 is 0.612 bits per heavy atom. The molecule has 1 radical (unpaired) electrons. The minimum Gasteiger partial charge on any atom is -0.333 e. The summed E-state index contributed by atoms with van der Waals surface area (Å²) >= 11 is 1.84. The number of nitrogens with zero attached hydrogens (tertiary/aromatic N) is 3. The predicted molar refractivity (Wildman–Crippen MR) is 287 cm³/mol. The van der Waals surface area contributed by atoms with Crippen molar-refractivity contribution in [3.8, 4) is 50.6 Å². The van der Waals surface area contributed by atoms with Crippen LogP contribution in [-0.2, 0) is 26.5 Å².